The molecule has 1 fully saturated rings. The van der Waals surface area contributed by atoms with Crippen molar-refractivity contribution in [1.82, 2.24) is 5.16 Å². The number of nitrogens with zero attached hydrogens (tertiary/aromatic N) is 2. The van der Waals surface area contributed by atoms with Crippen LogP contribution in [0.1, 0.15) is 41.0 Å². The van der Waals surface area contributed by atoms with E-state index in [1.807, 2.05) is 43.3 Å². The average Bonchev–Trinajstić information content (AvgIpc) is 3.29. The van der Waals surface area contributed by atoms with Gasteiger partial charge in [0.15, 0.2) is 5.82 Å². The highest BCUT2D eigenvalue weighted by Gasteiger charge is 2.48. The summed E-state index contributed by atoms with van der Waals surface area (Å²) in [5.41, 5.74) is 3.38. The third kappa shape index (κ3) is 3.30. The number of aliphatic hydroxyl groups is 1. The van der Waals surface area contributed by atoms with Crippen molar-refractivity contribution < 1.29 is 19.2 Å². The summed E-state index contributed by atoms with van der Waals surface area (Å²) < 4.78 is 5.14. The van der Waals surface area contributed by atoms with E-state index >= 15 is 0 Å². The number of Topliss-reactive ketones (excluding diaryl/α,β-unsaturated/α-hetero) is 1. The minimum absolute atomic E-state index is 0.0359. The van der Waals surface area contributed by atoms with Crippen molar-refractivity contribution in [2.45, 2.75) is 33.2 Å². The number of anilines is 1. The second-order valence-corrected chi connectivity index (χ2v) is 7.43. The Morgan fingerprint density at radius 3 is 2.30 bits per heavy atom. The van der Waals surface area contributed by atoms with Crippen molar-refractivity contribution in [3.05, 3.63) is 88.2 Å². The molecule has 4 rings (SSSR count). The Hall–Kier alpha value is -3.67. The Morgan fingerprint density at radius 2 is 1.73 bits per heavy atom. The summed E-state index contributed by atoms with van der Waals surface area (Å²) in [4.78, 5) is 27.3. The van der Waals surface area contributed by atoms with Crippen molar-refractivity contribution in [2.75, 3.05) is 4.90 Å². The lowest BCUT2D eigenvalue weighted by Crippen LogP contribution is -2.29. The number of aliphatic hydroxyl groups excluding tert-OH is 1. The molecule has 1 amide bonds. The van der Waals surface area contributed by atoms with Crippen molar-refractivity contribution in [3.8, 4) is 0 Å². The number of hydrogen-bond donors (Lipinski definition) is 1. The van der Waals surface area contributed by atoms with E-state index in [9.17, 15) is 14.7 Å². The number of rotatable bonds is 4. The Kier molecular flexibility index (Phi) is 4.99. The first-order valence-corrected chi connectivity index (χ1v) is 9.81. The fraction of sp³-hybridized carbons (Fsp3) is 0.208. The molecule has 1 aromatic heterocycles. The number of aromatic nitrogens is 1. The van der Waals surface area contributed by atoms with Crippen LogP contribution >= 0.6 is 0 Å². The van der Waals surface area contributed by atoms with Crippen molar-refractivity contribution >= 4 is 23.3 Å². The molecule has 0 spiro atoms. The highest BCUT2D eigenvalue weighted by Crippen LogP contribution is 2.41. The fourth-order valence-corrected chi connectivity index (χ4v) is 3.65. The average molecular weight is 402 g/mol. The van der Waals surface area contributed by atoms with E-state index < -0.39 is 17.7 Å². The number of carbonyl (C=O) groups excluding carboxylic acids is 2. The van der Waals surface area contributed by atoms with Gasteiger partial charge in [-0.05, 0) is 31.4 Å². The molecule has 6 nitrogen and oxygen atoms in total. The van der Waals surface area contributed by atoms with Crippen LogP contribution in [0.4, 0.5) is 5.82 Å². The molecule has 0 saturated carbocycles. The van der Waals surface area contributed by atoms with E-state index in [2.05, 4.69) is 12.1 Å². The maximum absolute atomic E-state index is 13.0. The van der Waals surface area contributed by atoms with Gasteiger partial charge >= 0.3 is 5.91 Å². The van der Waals surface area contributed by atoms with Crippen LogP contribution in [-0.2, 0) is 16.0 Å². The quantitative estimate of drug-likeness (QED) is 0.395. The van der Waals surface area contributed by atoms with Gasteiger partial charge in [0.25, 0.3) is 5.78 Å². The second kappa shape index (κ2) is 7.63. The smallest absolute Gasteiger partial charge is 0.301 e. The third-order valence-electron chi connectivity index (χ3n) is 5.34. The second-order valence-electron chi connectivity index (χ2n) is 7.43. The van der Waals surface area contributed by atoms with Crippen LogP contribution in [-0.4, -0.2) is 22.0 Å². The SMILES string of the molecule is CCc1ccc(C2/C(=C(/O)c3ccc(C)cc3)C(=O)C(=O)N2c2cc(C)on2)cc1. The molecule has 2 heterocycles. The maximum atomic E-state index is 13.0. The zero-order chi connectivity index (χ0) is 21.4. The molecule has 0 aliphatic carbocycles. The van der Waals surface area contributed by atoms with E-state index in [4.69, 9.17) is 4.52 Å². The van der Waals surface area contributed by atoms with Gasteiger partial charge in [0.2, 0.25) is 0 Å². The lowest BCUT2D eigenvalue weighted by atomic mass is 9.94. The number of aryl methyl sites for hydroxylation is 3. The standard InChI is InChI=1S/C24H22N2O4/c1-4-16-7-11-17(12-8-16)21-20(22(27)18-9-5-14(2)6-10-18)23(28)24(29)26(21)19-13-15(3)30-25-19/h5-13,21,27H,4H2,1-3H3/b22-20-. The summed E-state index contributed by atoms with van der Waals surface area (Å²) in [6.07, 6.45) is 0.867. The Bertz CT molecular complexity index is 1140. The Labute approximate surface area is 174 Å². The lowest BCUT2D eigenvalue weighted by molar-refractivity contribution is -0.132. The van der Waals surface area contributed by atoms with E-state index in [1.165, 1.54) is 4.90 Å². The summed E-state index contributed by atoms with van der Waals surface area (Å²) in [7, 11) is 0. The largest absolute Gasteiger partial charge is 0.507 e. The molecular weight excluding hydrogens is 380 g/mol. The molecule has 152 valence electrons. The van der Waals surface area contributed by atoms with Gasteiger partial charge in [-0.25, -0.2) is 0 Å². The highest BCUT2D eigenvalue weighted by atomic mass is 16.5. The third-order valence-corrected chi connectivity index (χ3v) is 5.34. The van der Waals surface area contributed by atoms with E-state index in [-0.39, 0.29) is 17.2 Å². The van der Waals surface area contributed by atoms with Crippen LogP contribution in [0.5, 0.6) is 0 Å². The first-order chi connectivity index (χ1) is 14.4. The van der Waals surface area contributed by atoms with Crippen LogP contribution < -0.4 is 4.90 Å². The molecule has 2 aromatic carbocycles. The van der Waals surface area contributed by atoms with E-state index in [0.717, 1.165) is 17.5 Å². The topological polar surface area (TPSA) is 83.6 Å². The Balaban J connectivity index is 1.92. The monoisotopic (exact) mass is 402 g/mol. The number of amides is 1. The zero-order valence-electron chi connectivity index (χ0n) is 17.0. The molecule has 1 aliphatic heterocycles. The zero-order valence-corrected chi connectivity index (χ0v) is 17.0. The molecule has 1 unspecified atom stereocenters. The highest BCUT2D eigenvalue weighted by molar-refractivity contribution is 6.51. The van der Waals surface area contributed by atoms with Gasteiger partial charge in [-0.2, -0.15) is 0 Å². The lowest BCUT2D eigenvalue weighted by Gasteiger charge is -2.23. The van der Waals surface area contributed by atoms with Gasteiger partial charge in [0, 0.05) is 11.6 Å². The van der Waals surface area contributed by atoms with Gasteiger partial charge < -0.3 is 9.63 Å². The number of hydrogen-bond acceptors (Lipinski definition) is 5. The molecule has 30 heavy (non-hydrogen) atoms. The normalized spacial score (nSPS) is 18.2. The van der Waals surface area contributed by atoms with Crippen molar-refractivity contribution in [3.63, 3.8) is 0 Å². The Morgan fingerprint density at radius 1 is 1.07 bits per heavy atom. The van der Waals surface area contributed by atoms with Gasteiger partial charge in [0.1, 0.15) is 11.5 Å². The molecule has 1 aliphatic rings. The van der Waals surface area contributed by atoms with Crippen LogP contribution in [0.25, 0.3) is 5.76 Å². The van der Waals surface area contributed by atoms with Crippen molar-refractivity contribution in [2.24, 2.45) is 0 Å². The van der Waals surface area contributed by atoms with Gasteiger partial charge in [0.05, 0.1) is 11.6 Å². The van der Waals surface area contributed by atoms with Gasteiger partial charge in [-0.1, -0.05) is 66.2 Å². The van der Waals surface area contributed by atoms with Gasteiger partial charge in [-0.15, -0.1) is 0 Å². The van der Waals surface area contributed by atoms with Crippen LogP contribution in [0.2, 0.25) is 0 Å². The molecule has 0 radical (unpaired) electrons. The van der Waals surface area contributed by atoms with E-state index in [0.29, 0.717) is 16.9 Å². The van der Waals surface area contributed by atoms with Crippen LogP contribution in [0, 0.1) is 13.8 Å². The van der Waals surface area contributed by atoms with Gasteiger partial charge in [-0.3, -0.25) is 14.5 Å². The first-order valence-electron chi connectivity index (χ1n) is 9.81. The molecule has 1 saturated heterocycles. The van der Waals surface area contributed by atoms with E-state index in [1.54, 1.807) is 25.1 Å². The van der Waals surface area contributed by atoms with Crippen molar-refractivity contribution in [1.29, 1.82) is 0 Å². The fourth-order valence-electron chi connectivity index (χ4n) is 3.65. The van der Waals surface area contributed by atoms with Crippen LogP contribution in [0.3, 0.4) is 0 Å². The van der Waals surface area contributed by atoms with Crippen LogP contribution in [0.15, 0.2) is 64.7 Å². The summed E-state index contributed by atoms with van der Waals surface area (Å²) >= 11 is 0. The number of carbonyl (C=O) groups is 2. The molecule has 0 bridgehead atoms. The molecular formula is C24H22N2O4. The molecule has 1 atom stereocenters. The number of benzene rings is 2. The predicted molar refractivity (Wildman–Crippen MR) is 113 cm³/mol. The minimum Gasteiger partial charge on any atom is -0.507 e. The predicted octanol–water partition coefficient (Wildman–Crippen LogP) is 4.48. The maximum Gasteiger partial charge on any atom is 0.301 e. The summed E-state index contributed by atoms with van der Waals surface area (Å²) in [6, 6.07) is 15.6. The molecule has 6 heteroatoms. The number of ketones is 1. The molecule has 3 aromatic rings. The summed E-state index contributed by atoms with van der Waals surface area (Å²) in [5.74, 6) is -0.951. The summed E-state index contributed by atoms with van der Waals surface area (Å²) in [5, 5.41) is 15.0. The molecule has 1 N–H and O–H groups in total. The first kappa shape index (κ1) is 19.6. The summed E-state index contributed by atoms with van der Waals surface area (Å²) in [6.45, 7) is 5.70. The minimum atomic E-state index is -0.804.